The van der Waals surface area contributed by atoms with E-state index in [1.807, 2.05) is 47.6 Å². The second-order valence-corrected chi connectivity index (χ2v) is 7.74. The molecule has 6 aromatic rings. The molecule has 2 heteroatoms. The van der Waals surface area contributed by atoms with E-state index < -0.39 is 0 Å². The summed E-state index contributed by atoms with van der Waals surface area (Å²) in [6.45, 7) is 0. The minimum atomic E-state index is 1.03. The lowest BCUT2D eigenvalue weighted by atomic mass is 9.92. The predicted octanol–water partition coefficient (Wildman–Crippen LogP) is 7.76. The van der Waals surface area contributed by atoms with Crippen LogP contribution in [-0.4, -0.2) is 6.21 Å². The maximum atomic E-state index is 4.93. The van der Waals surface area contributed by atoms with Gasteiger partial charge < -0.3 is 0 Å². The van der Waals surface area contributed by atoms with Crippen molar-refractivity contribution >= 4 is 49.9 Å². The summed E-state index contributed by atoms with van der Waals surface area (Å²) in [5.74, 6) is 0. The van der Waals surface area contributed by atoms with Crippen molar-refractivity contribution in [3.8, 4) is 0 Å². The summed E-state index contributed by atoms with van der Waals surface area (Å²) < 4.78 is 0. The number of benzene rings is 6. The second-order valence-electron chi connectivity index (χ2n) is 7.74. The van der Waals surface area contributed by atoms with Crippen molar-refractivity contribution in [3.05, 3.63) is 121 Å². The average molecular weight is 396 g/mol. The topological polar surface area (TPSA) is 15.6 Å². The summed E-state index contributed by atoms with van der Waals surface area (Å²) in [5, 5.41) is 14.6. The van der Waals surface area contributed by atoms with Gasteiger partial charge >= 0.3 is 0 Å². The van der Waals surface area contributed by atoms with Gasteiger partial charge in [-0.3, -0.25) is 0 Å². The molecule has 0 bridgehead atoms. The maximum absolute atomic E-state index is 4.93. The lowest BCUT2D eigenvalue weighted by molar-refractivity contribution is 1.09. The fourth-order valence-electron chi connectivity index (χ4n) is 4.41. The largest absolute Gasteiger partial charge is 0.234 e. The lowest BCUT2D eigenvalue weighted by Crippen LogP contribution is -2.09. The molecule has 2 nitrogen and oxygen atoms in total. The van der Waals surface area contributed by atoms with Gasteiger partial charge in [0, 0.05) is 5.56 Å². The van der Waals surface area contributed by atoms with Crippen LogP contribution < -0.4 is 5.01 Å². The summed E-state index contributed by atoms with van der Waals surface area (Å²) in [5.41, 5.74) is 3.17. The Morgan fingerprint density at radius 1 is 0.484 bits per heavy atom. The van der Waals surface area contributed by atoms with Crippen LogP contribution in [0.5, 0.6) is 0 Å². The van der Waals surface area contributed by atoms with E-state index in [0.29, 0.717) is 0 Å². The molecule has 0 aliphatic rings. The molecular formula is C29H20N2. The Hall–Kier alpha value is -4.17. The van der Waals surface area contributed by atoms with Crippen LogP contribution in [-0.2, 0) is 0 Å². The van der Waals surface area contributed by atoms with E-state index in [1.54, 1.807) is 0 Å². The highest BCUT2D eigenvalue weighted by Crippen LogP contribution is 2.35. The van der Waals surface area contributed by atoms with Crippen LogP contribution in [0, 0.1) is 0 Å². The number of anilines is 2. The van der Waals surface area contributed by atoms with Crippen LogP contribution in [0.3, 0.4) is 0 Å². The molecule has 0 N–H and O–H groups in total. The molecule has 0 aliphatic carbocycles. The molecule has 0 saturated heterocycles. The Bertz CT molecular complexity index is 1460. The van der Waals surface area contributed by atoms with Gasteiger partial charge in [-0.15, -0.1) is 0 Å². The number of hydrazone groups is 1. The first-order valence-electron chi connectivity index (χ1n) is 10.5. The molecule has 0 atom stereocenters. The first kappa shape index (κ1) is 17.7. The first-order chi connectivity index (χ1) is 15.4. The predicted molar refractivity (Wildman–Crippen MR) is 133 cm³/mol. The Labute approximate surface area is 181 Å². The fraction of sp³-hybridized carbons (Fsp3) is 0. The molecule has 0 amide bonds. The number of para-hydroxylation sites is 2. The zero-order valence-electron chi connectivity index (χ0n) is 16.9. The van der Waals surface area contributed by atoms with E-state index in [-0.39, 0.29) is 0 Å². The molecule has 6 rings (SSSR count). The van der Waals surface area contributed by atoms with Crippen LogP contribution >= 0.6 is 0 Å². The average Bonchev–Trinajstić information content (AvgIpc) is 2.84. The highest BCUT2D eigenvalue weighted by atomic mass is 15.5. The van der Waals surface area contributed by atoms with E-state index in [9.17, 15) is 0 Å². The Morgan fingerprint density at radius 3 is 1.68 bits per heavy atom. The molecule has 0 heterocycles. The highest BCUT2D eigenvalue weighted by Gasteiger charge is 2.11. The zero-order chi connectivity index (χ0) is 20.6. The van der Waals surface area contributed by atoms with Gasteiger partial charge in [0.25, 0.3) is 0 Å². The molecule has 6 aromatic carbocycles. The normalized spacial score (nSPS) is 11.7. The minimum Gasteiger partial charge on any atom is -0.234 e. The van der Waals surface area contributed by atoms with Gasteiger partial charge in [0.1, 0.15) is 0 Å². The van der Waals surface area contributed by atoms with E-state index in [0.717, 1.165) is 16.9 Å². The van der Waals surface area contributed by atoms with Gasteiger partial charge in [-0.05, 0) is 56.6 Å². The smallest absolute Gasteiger partial charge is 0.0652 e. The maximum Gasteiger partial charge on any atom is 0.0652 e. The minimum absolute atomic E-state index is 1.03. The van der Waals surface area contributed by atoms with Gasteiger partial charge in [0.05, 0.1) is 17.6 Å². The van der Waals surface area contributed by atoms with E-state index in [4.69, 9.17) is 5.10 Å². The van der Waals surface area contributed by atoms with E-state index in [2.05, 4.69) is 78.9 Å². The second kappa shape index (κ2) is 7.26. The van der Waals surface area contributed by atoms with Gasteiger partial charge in [-0.25, -0.2) is 5.01 Å². The van der Waals surface area contributed by atoms with Crippen molar-refractivity contribution in [1.82, 2.24) is 0 Å². The molecule has 0 aliphatic heterocycles. The standard InChI is InChI=1S/C29H20N2/c1-3-10-25(11-4-1)31(26-12-5-2-6-13-26)30-20-24-17-16-23-15-14-21-8-7-9-22-18-19-27(24)29(23)28(21)22/h1-20H/b30-20+. The van der Waals surface area contributed by atoms with Gasteiger partial charge in [-0.1, -0.05) is 91.0 Å². The van der Waals surface area contributed by atoms with E-state index in [1.165, 1.54) is 32.3 Å². The van der Waals surface area contributed by atoms with Crippen molar-refractivity contribution in [2.75, 3.05) is 5.01 Å². The summed E-state index contributed by atoms with van der Waals surface area (Å²) >= 11 is 0. The molecule has 0 spiro atoms. The zero-order valence-corrected chi connectivity index (χ0v) is 16.9. The van der Waals surface area contributed by atoms with Crippen molar-refractivity contribution in [2.45, 2.75) is 0 Å². The summed E-state index contributed by atoms with van der Waals surface area (Å²) in [6, 6.07) is 40.3. The number of hydrogen-bond acceptors (Lipinski definition) is 2. The highest BCUT2D eigenvalue weighted by molar-refractivity contribution is 6.25. The Kier molecular flexibility index (Phi) is 4.14. The third-order valence-corrected chi connectivity index (χ3v) is 5.88. The molecule has 0 saturated carbocycles. The summed E-state index contributed by atoms with van der Waals surface area (Å²) in [4.78, 5) is 0. The Balaban J connectivity index is 1.53. The van der Waals surface area contributed by atoms with Crippen molar-refractivity contribution in [3.63, 3.8) is 0 Å². The number of rotatable bonds is 4. The third kappa shape index (κ3) is 3.01. The van der Waals surface area contributed by atoms with Gasteiger partial charge in [0.15, 0.2) is 0 Å². The van der Waals surface area contributed by atoms with Crippen LogP contribution in [0.1, 0.15) is 5.56 Å². The summed E-state index contributed by atoms with van der Waals surface area (Å²) in [6.07, 6.45) is 1.98. The van der Waals surface area contributed by atoms with Crippen LogP contribution in [0.2, 0.25) is 0 Å². The third-order valence-electron chi connectivity index (χ3n) is 5.88. The van der Waals surface area contributed by atoms with Crippen molar-refractivity contribution in [1.29, 1.82) is 0 Å². The summed E-state index contributed by atoms with van der Waals surface area (Å²) in [7, 11) is 0. The SMILES string of the molecule is C(=N\N(c1ccccc1)c1ccccc1)/c1ccc2ccc3cccc4ccc1c2c34. The Morgan fingerprint density at radius 2 is 1.03 bits per heavy atom. The molecule has 0 unspecified atom stereocenters. The van der Waals surface area contributed by atoms with Crippen LogP contribution in [0.4, 0.5) is 11.4 Å². The fourth-order valence-corrected chi connectivity index (χ4v) is 4.41. The quantitative estimate of drug-likeness (QED) is 0.169. The van der Waals surface area contributed by atoms with Crippen molar-refractivity contribution in [2.24, 2.45) is 5.10 Å². The monoisotopic (exact) mass is 396 g/mol. The number of hydrogen-bond donors (Lipinski definition) is 0. The van der Waals surface area contributed by atoms with Gasteiger partial charge in [-0.2, -0.15) is 5.10 Å². The van der Waals surface area contributed by atoms with Gasteiger partial charge in [0.2, 0.25) is 0 Å². The molecule has 0 fully saturated rings. The molecular weight excluding hydrogens is 376 g/mol. The molecule has 146 valence electrons. The lowest BCUT2D eigenvalue weighted by Gasteiger charge is -2.19. The van der Waals surface area contributed by atoms with Crippen LogP contribution in [0.15, 0.2) is 120 Å². The molecule has 31 heavy (non-hydrogen) atoms. The number of nitrogens with zero attached hydrogens (tertiary/aromatic N) is 2. The van der Waals surface area contributed by atoms with E-state index >= 15 is 0 Å². The van der Waals surface area contributed by atoms with Crippen LogP contribution in [0.25, 0.3) is 32.3 Å². The molecule has 0 aromatic heterocycles. The first-order valence-corrected chi connectivity index (χ1v) is 10.5. The molecule has 0 radical (unpaired) electrons. The van der Waals surface area contributed by atoms with Crippen molar-refractivity contribution < 1.29 is 0 Å².